The van der Waals surface area contributed by atoms with Crippen molar-refractivity contribution in [3.05, 3.63) is 56.7 Å². The van der Waals surface area contributed by atoms with Gasteiger partial charge in [0, 0.05) is 4.47 Å². The number of rotatable bonds is 6. The molecule has 3 aromatic rings. The molecule has 0 aliphatic carbocycles. The highest BCUT2D eigenvalue weighted by Gasteiger charge is 2.17. The van der Waals surface area contributed by atoms with Gasteiger partial charge in [0.1, 0.15) is 5.76 Å². The Morgan fingerprint density at radius 3 is 2.89 bits per heavy atom. The number of halogens is 2. The molecule has 6 nitrogen and oxygen atoms in total. The van der Waals surface area contributed by atoms with E-state index in [-0.39, 0.29) is 6.42 Å². The number of benzene rings is 1. The van der Waals surface area contributed by atoms with Gasteiger partial charge in [-0.15, -0.1) is 11.3 Å². The first-order chi connectivity index (χ1) is 12.9. The summed E-state index contributed by atoms with van der Waals surface area (Å²) in [5, 5.41) is 4.88. The average molecular weight is 470 g/mol. The van der Waals surface area contributed by atoms with Crippen LogP contribution in [-0.2, 0) is 20.7 Å². The number of amides is 1. The van der Waals surface area contributed by atoms with Crippen molar-refractivity contribution in [1.29, 1.82) is 0 Å². The number of ether oxygens (including phenoxy) is 1. The first-order valence-electron chi connectivity index (χ1n) is 7.83. The molecule has 0 aliphatic heterocycles. The quantitative estimate of drug-likeness (QED) is 0.522. The first kappa shape index (κ1) is 19.6. The van der Waals surface area contributed by atoms with Gasteiger partial charge < -0.3 is 14.5 Å². The highest BCUT2D eigenvalue weighted by molar-refractivity contribution is 9.10. The molecule has 0 saturated carbocycles. The fourth-order valence-electron chi connectivity index (χ4n) is 2.21. The molecule has 0 unspecified atom stereocenters. The summed E-state index contributed by atoms with van der Waals surface area (Å²) in [5.74, 6) is -0.0423. The van der Waals surface area contributed by atoms with E-state index < -0.39 is 18.5 Å². The number of anilines is 1. The average Bonchev–Trinajstić information content (AvgIpc) is 3.26. The number of nitrogens with one attached hydrogen (secondary N) is 1. The van der Waals surface area contributed by atoms with Crippen LogP contribution in [-0.4, -0.2) is 23.5 Å². The maximum atomic E-state index is 12.0. The van der Waals surface area contributed by atoms with Crippen molar-refractivity contribution >= 4 is 56.4 Å². The molecule has 1 N–H and O–H groups in total. The Kier molecular flexibility index (Phi) is 6.30. The molecular formula is C18H14BrClN2O4S. The molecule has 0 saturated heterocycles. The van der Waals surface area contributed by atoms with Gasteiger partial charge in [-0.1, -0.05) is 33.6 Å². The van der Waals surface area contributed by atoms with Crippen LogP contribution in [0.5, 0.6) is 0 Å². The lowest BCUT2D eigenvalue weighted by Gasteiger charge is -2.08. The van der Waals surface area contributed by atoms with Crippen molar-refractivity contribution < 1.29 is 18.7 Å². The van der Waals surface area contributed by atoms with E-state index in [1.165, 1.54) is 11.3 Å². The van der Waals surface area contributed by atoms with Crippen LogP contribution in [0.15, 0.2) is 44.6 Å². The van der Waals surface area contributed by atoms with E-state index in [2.05, 4.69) is 26.2 Å². The van der Waals surface area contributed by atoms with Crippen molar-refractivity contribution in [2.45, 2.75) is 13.3 Å². The Hall–Kier alpha value is -2.16. The highest BCUT2D eigenvalue weighted by Crippen LogP contribution is 2.27. The lowest BCUT2D eigenvalue weighted by molar-refractivity contribution is -0.146. The number of thiophene rings is 1. The summed E-state index contributed by atoms with van der Waals surface area (Å²) in [6.45, 7) is 1.31. The number of hydrogen-bond acceptors (Lipinski definition) is 6. The zero-order valence-electron chi connectivity index (χ0n) is 14.1. The van der Waals surface area contributed by atoms with Gasteiger partial charge in [-0.3, -0.25) is 9.59 Å². The molecule has 140 valence electrons. The minimum atomic E-state index is -0.568. The van der Waals surface area contributed by atoms with E-state index in [0.717, 1.165) is 9.35 Å². The maximum absolute atomic E-state index is 12.0. The fraction of sp³-hybridized carbons (Fsp3) is 0.167. The summed E-state index contributed by atoms with van der Waals surface area (Å²) < 4.78 is 11.4. The van der Waals surface area contributed by atoms with Crippen LogP contribution in [0.25, 0.3) is 10.8 Å². The molecule has 27 heavy (non-hydrogen) atoms. The van der Waals surface area contributed by atoms with E-state index in [0.29, 0.717) is 28.1 Å². The van der Waals surface area contributed by atoms with E-state index >= 15 is 0 Å². The van der Waals surface area contributed by atoms with Crippen LogP contribution in [0.4, 0.5) is 5.69 Å². The summed E-state index contributed by atoms with van der Waals surface area (Å²) in [6.07, 6.45) is -0.0764. The molecule has 2 aromatic heterocycles. The summed E-state index contributed by atoms with van der Waals surface area (Å²) in [5.41, 5.74) is 0.925. The van der Waals surface area contributed by atoms with Crippen molar-refractivity contribution in [2.24, 2.45) is 0 Å². The molecule has 0 spiro atoms. The molecule has 3 rings (SSSR count). The number of aromatic nitrogens is 1. The highest BCUT2D eigenvalue weighted by atomic mass is 79.9. The molecule has 0 radical (unpaired) electrons. The van der Waals surface area contributed by atoms with E-state index in [9.17, 15) is 9.59 Å². The molecule has 0 aliphatic rings. The van der Waals surface area contributed by atoms with Gasteiger partial charge in [-0.25, -0.2) is 4.98 Å². The number of aryl methyl sites for hydroxylation is 1. The lowest BCUT2D eigenvalue weighted by atomic mass is 10.3. The molecular weight excluding hydrogens is 456 g/mol. The van der Waals surface area contributed by atoms with Crippen molar-refractivity contribution in [3.8, 4) is 10.8 Å². The summed E-state index contributed by atoms with van der Waals surface area (Å²) in [7, 11) is 0. The second kappa shape index (κ2) is 8.69. The Bertz CT molecular complexity index is 972. The van der Waals surface area contributed by atoms with Gasteiger partial charge >= 0.3 is 5.97 Å². The Balaban J connectivity index is 1.53. The third-order valence-electron chi connectivity index (χ3n) is 3.51. The van der Waals surface area contributed by atoms with E-state index in [1.54, 1.807) is 25.1 Å². The van der Waals surface area contributed by atoms with Crippen LogP contribution < -0.4 is 5.32 Å². The first-order valence-corrected chi connectivity index (χ1v) is 9.88. The van der Waals surface area contributed by atoms with Gasteiger partial charge in [0.2, 0.25) is 5.89 Å². The van der Waals surface area contributed by atoms with E-state index in [1.807, 2.05) is 17.5 Å². The predicted molar refractivity (Wildman–Crippen MR) is 107 cm³/mol. The van der Waals surface area contributed by atoms with Crippen LogP contribution in [0, 0.1) is 6.92 Å². The second-order valence-electron chi connectivity index (χ2n) is 5.51. The summed E-state index contributed by atoms with van der Waals surface area (Å²) in [4.78, 5) is 29.2. The summed E-state index contributed by atoms with van der Waals surface area (Å²) in [6, 6.07) is 8.82. The van der Waals surface area contributed by atoms with Crippen molar-refractivity contribution in [2.75, 3.05) is 11.9 Å². The lowest BCUT2D eigenvalue weighted by Crippen LogP contribution is -2.22. The topological polar surface area (TPSA) is 81.4 Å². The Morgan fingerprint density at radius 2 is 2.19 bits per heavy atom. The molecule has 0 bridgehead atoms. The standard InChI is InChI=1S/C18H14BrClN2O4S/c1-10-14(22-18(26-10)15-3-2-6-27-15)8-17(24)25-9-16(23)21-13-5-4-11(19)7-12(13)20/h2-7H,8-9H2,1H3,(H,21,23). The van der Waals surface area contributed by atoms with Crippen molar-refractivity contribution in [3.63, 3.8) is 0 Å². The SMILES string of the molecule is Cc1oc(-c2cccs2)nc1CC(=O)OCC(=O)Nc1ccc(Br)cc1Cl. The van der Waals surface area contributed by atoms with E-state index in [4.69, 9.17) is 20.8 Å². The van der Waals surface area contributed by atoms with Gasteiger partial charge in [-0.2, -0.15) is 0 Å². The number of esters is 1. The monoisotopic (exact) mass is 468 g/mol. The summed E-state index contributed by atoms with van der Waals surface area (Å²) >= 11 is 10.8. The fourth-order valence-corrected chi connectivity index (χ4v) is 3.58. The molecule has 1 aromatic carbocycles. The van der Waals surface area contributed by atoms with Gasteiger partial charge in [0.15, 0.2) is 6.61 Å². The molecule has 9 heteroatoms. The van der Waals surface area contributed by atoms with Gasteiger partial charge in [0.25, 0.3) is 5.91 Å². The third-order valence-corrected chi connectivity index (χ3v) is 5.17. The van der Waals surface area contributed by atoms with Crippen LogP contribution in [0.1, 0.15) is 11.5 Å². The van der Waals surface area contributed by atoms with Crippen LogP contribution in [0.3, 0.4) is 0 Å². The molecule has 0 fully saturated rings. The Morgan fingerprint density at radius 1 is 1.37 bits per heavy atom. The van der Waals surface area contributed by atoms with Crippen molar-refractivity contribution in [1.82, 2.24) is 4.98 Å². The zero-order chi connectivity index (χ0) is 19.4. The van der Waals surface area contributed by atoms with Crippen LogP contribution in [0.2, 0.25) is 5.02 Å². The number of hydrogen-bond donors (Lipinski definition) is 1. The largest absolute Gasteiger partial charge is 0.455 e. The van der Waals surface area contributed by atoms with Gasteiger partial charge in [0.05, 0.1) is 27.7 Å². The minimum Gasteiger partial charge on any atom is -0.455 e. The predicted octanol–water partition coefficient (Wildman–Crippen LogP) is 4.85. The molecule has 0 atom stereocenters. The zero-order valence-corrected chi connectivity index (χ0v) is 17.3. The second-order valence-corrected chi connectivity index (χ2v) is 7.78. The molecule has 2 heterocycles. The smallest absolute Gasteiger partial charge is 0.312 e. The number of oxazole rings is 1. The Labute approximate surface area is 172 Å². The van der Waals surface area contributed by atoms with Crippen LogP contribution >= 0.6 is 38.9 Å². The minimum absolute atomic E-state index is 0.0764. The maximum Gasteiger partial charge on any atom is 0.312 e. The number of carbonyl (C=O) groups excluding carboxylic acids is 2. The number of nitrogens with zero attached hydrogens (tertiary/aromatic N) is 1. The third kappa shape index (κ3) is 5.18. The normalized spacial score (nSPS) is 10.6. The number of carbonyl (C=O) groups is 2. The molecule has 1 amide bonds. The van der Waals surface area contributed by atoms with Gasteiger partial charge in [-0.05, 0) is 36.6 Å².